The summed E-state index contributed by atoms with van der Waals surface area (Å²) in [5.41, 5.74) is 1.73. The molecule has 1 saturated heterocycles. The third-order valence-electron chi connectivity index (χ3n) is 5.18. The Morgan fingerprint density at radius 1 is 1.35 bits per heavy atom. The molecular weight excluding hydrogens is 332 g/mol. The summed E-state index contributed by atoms with van der Waals surface area (Å²) in [6.45, 7) is 4.63. The Kier molecular flexibility index (Phi) is 5.11. The van der Waals surface area contributed by atoms with Gasteiger partial charge in [0, 0.05) is 37.6 Å². The smallest absolute Gasteiger partial charge is 0.311 e. The molecule has 6 nitrogen and oxygen atoms in total. The van der Waals surface area contributed by atoms with Gasteiger partial charge in [-0.05, 0) is 25.3 Å². The van der Waals surface area contributed by atoms with Crippen molar-refractivity contribution in [1.82, 2.24) is 10.1 Å². The number of aromatic nitrogens is 1. The molecule has 0 radical (unpaired) electrons. The van der Waals surface area contributed by atoms with Crippen molar-refractivity contribution in [3.8, 4) is 11.3 Å². The van der Waals surface area contributed by atoms with Crippen LogP contribution in [0.25, 0.3) is 11.3 Å². The summed E-state index contributed by atoms with van der Waals surface area (Å²) >= 11 is 0. The number of carboxylic acids is 1. The quantitative estimate of drug-likeness (QED) is 0.889. The number of piperidine rings is 1. The van der Waals surface area contributed by atoms with E-state index in [1.165, 1.54) is 0 Å². The molecule has 3 rings (SSSR count). The van der Waals surface area contributed by atoms with Crippen LogP contribution in [0.15, 0.2) is 34.9 Å². The molecule has 0 saturated carbocycles. The summed E-state index contributed by atoms with van der Waals surface area (Å²) in [6.07, 6.45) is 1.82. The lowest BCUT2D eigenvalue weighted by Gasteiger charge is -2.39. The van der Waals surface area contributed by atoms with Crippen LogP contribution >= 0.6 is 0 Å². The molecule has 0 bridgehead atoms. The van der Waals surface area contributed by atoms with Gasteiger partial charge in [-0.15, -0.1) is 0 Å². The Morgan fingerprint density at radius 3 is 2.81 bits per heavy atom. The number of likely N-dealkylation sites (tertiary alicyclic amines) is 1. The number of amides is 1. The van der Waals surface area contributed by atoms with Crippen molar-refractivity contribution in [1.29, 1.82) is 0 Å². The second-order valence-corrected chi connectivity index (χ2v) is 7.03. The molecule has 1 aromatic carbocycles. The molecule has 26 heavy (non-hydrogen) atoms. The number of hydrogen-bond acceptors (Lipinski definition) is 4. The fourth-order valence-electron chi connectivity index (χ4n) is 3.68. The molecule has 1 aromatic heterocycles. The largest absolute Gasteiger partial charge is 0.481 e. The lowest BCUT2D eigenvalue weighted by Crippen LogP contribution is -2.50. The Hall–Kier alpha value is -2.63. The van der Waals surface area contributed by atoms with Crippen molar-refractivity contribution in [3.63, 3.8) is 0 Å². The van der Waals surface area contributed by atoms with Crippen molar-refractivity contribution in [2.45, 2.75) is 39.5 Å². The second kappa shape index (κ2) is 7.32. The van der Waals surface area contributed by atoms with Crippen LogP contribution in [0.3, 0.4) is 0 Å². The van der Waals surface area contributed by atoms with Crippen LogP contribution in [0.1, 0.15) is 37.5 Å². The Morgan fingerprint density at radius 2 is 2.12 bits per heavy atom. The minimum atomic E-state index is -1.02. The first-order valence-corrected chi connectivity index (χ1v) is 8.98. The molecule has 138 valence electrons. The fraction of sp³-hybridized carbons (Fsp3) is 0.450. The number of aliphatic carboxylic acids is 1. The van der Waals surface area contributed by atoms with Gasteiger partial charge in [0.05, 0.1) is 5.41 Å². The monoisotopic (exact) mass is 356 g/mol. The summed E-state index contributed by atoms with van der Waals surface area (Å²) in [5.74, 6) is -0.357. The highest BCUT2D eigenvalue weighted by molar-refractivity contribution is 5.80. The van der Waals surface area contributed by atoms with Crippen LogP contribution < -0.4 is 0 Å². The Balaban J connectivity index is 1.84. The summed E-state index contributed by atoms with van der Waals surface area (Å²) in [7, 11) is 0. The number of rotatable bonds is 5. The standard InChI is InChI=1S/C20H24N2O4/c1-3-18(23)22-10-6-9-20(13-22,19(24)25)12-15-11-17(21-26-15)16-8-5-4-7-14(16)2/h4-5,7-8,11H,3,6,9-10,12-13H2,1-2H3,(H,24,25). The normalized spacial score (nSPS) is 20.2. The predicted octanol–water partition coefficient (Wildman–Crippen LogP) is 3.30. The van der Waals surface area contributed by atoms with Crippen molar-refractivity contribution < 1.29 is 19.2 Å². The van der Waals surface area contributed by atoms with Crippen molar-refractivity contribution in [2.24, 2.45) is 5.41 Å². The second-order valence-electron chi connectivity index (χ2n) is 7.03. The van der Waals surface area contributed by atoms with E-state index in [4.69, 9.17) is 4.52 Å². The minimum absolute atomic E-state index is 0.00602. The van der Waals surface area contributed by atoms with Crippen molar-refractivity contribution in [3.05, 3.63) is 41.7 Å². The number of aryl methyl sites for hydroxylation is 1. The van der Waals surface area contributed by atoms with Gasteiger partial charge >= 0.3 is 5.97 Å². The highest BCUT2D eigenvalue weighted by Crippen LogP contribution is 2.35. The highest BCUT2D eigenvalue weighted by atomic mass is 16.5. The molecule has 1 fully saturated rings. The molecule has 2 aromatic rings. The first kappa shape index (κ1) is 18.2. The van der Waals surface area contributed by atoms with Gasteiger partial charge in [-0.3, -0.25) is 9.59 Å². The highest BCUT2D eigenvalue weighted by Gasteiger charge is 2.44. The molecule has 2 heterocycles. The lowest BCUT2D eigenvalue weighted by molar-refractivity contribution is -0.155. The van der Waals surface area contributed by atoms with E-state index >= 15 is 0 Å². The number of benzene rings is 1. The van der Waals surface area contributed by atoms with Gasteiger partial charge in [0.25, 0.3) is 0 Å². The molecule has 1 unspecified atom stereocenters. The van der Waals surface area contributed by atoms with Gasteiger partial charge in [-0.25, -0.2) is 0 Å². The van der Waals surface area contributed by atoms with Crippen LogP contribution in [0, 0.1) is 12.3 Å². The van der Waals surface area contributed by atoms with Crippen LogP contribution in [-0.4, -0.2) is 40.1 Å². The Labute approximate surface area is 152 Å². The van der Waals surface area contributed by atoms with Crippen LogP contribution in [-0.2, 0) is 16.0 Å². The van der Waals surface area contributed by atoms with E-state index < -0.39 is 11.4 Å². The van der Waals surface area contributed by atoms with Gasteiger partial charge in [-0.1, -0.05) is 36.3 Å². The molecular formula is C20H24N2O4. The van der Waals surface area contributed by atoms with E-state index in [2.05, 4.69) is 5.16 Å². The first-order valence-electron chi connectivity index (χ1n) is 8.98. The van der Waals surface area contributed by atoms with E-state index in [0.717, 1.165) is 11.1 Å². The van der Waals surface area contributed by atoms with E-state index in [1.807, 2.05) is 37.3 Å². The van der Waals surface area contributed by atoms with Gasteiger partial charge in [0.2, 0.25) is 5.91 Å². The summed E-state index contributed by atoms with van der Waals surface area (Å²) < 4.78 is 5.46. The van der Waals surface area contributed by atoms with E-state index in [0.29, 0.717) is 37.3 Å². The number of carbonyl (C=O) groups is 2. The fourth-order valence-corrected chi connectivity index (χ4v) is 3.68. The number of carboxylic acid groups (broad SMARTS) is 1. The lowest BCUT2D eigenvalue weighted by atomic mass is 9.76. The van der Waals surface area contributed by atoms with E-state index in [9.17, 15) is 14.7 Å². The van der Waals surface area contributed by atoms with Gasteiger partial charge < -0.3 is 14.5 Å². The number of nitrogens with zero attached hydrogens (tertiary/aromatic N) is 2. The van der Waals surface area contributed by atoms with Gasteiger partial charge in [0.1, 0.15) is 11.5 Å². The van der Waals surface area contributed by atoms with Crippen LogP contribution in [0.2, 0.25) is 0 Å². The zero-order valence-corrected chi connectivity index (χ0v) is 15.2. The topological polar surface area (TPSA) is 83.6 Å². The minimum Gasteiger partial charge on any atom is -0.481 e. The molecule has 1 amide bonds. The summed E-state index contributed by atoms with van der Waals surface area (Å²) in [6, 6.07) is 9.67. The maximum Gasteiger partial charge on any atom is 0.311 e. The summed E-state index contributed by atoms with van der Waals surface area (Å²) in [4.78, 5) is 25.8. The molecule has 0 aliphatic carbocycles. The third kappa shape index (κ3) is 3.49. The molecule has 1 atom stereocenters. The average molecular weight is 356 g/mol. The first-order chi connectivity index (χ1) is 12.4. The van der Waals surface area contributed by atoms with E-state index in [-0.39, 0.29) is 18.9 Å². The van der Waals surface area contributed by atoms with Gasteiger partial charge in [0.15, 0.2) is 0 Å². The zero-order valence-electron chi connectivity index (χ0n) is 15.2. The maximum atomic E-state index is 12.1. The van der Waals surface area contributed by atoms with Crippen LogP contribution in [0.4, 0.5) is 0 Å². The van der Waals surface area contributed by atoms with Crippen LogP contribution in [0.5, 0.6) is 0 Å². The van der Waals surface area contributed by atoms with Gasteiger partial charge in [-0.2, -0.15) is 0 Å². The SMILES string of the molecule is CCC(=O)N1CCCC(Cc2cc(-c3ccccc3C)no2)(C(=O)O)C1. The summed E-state index contributed by atoms with van der Waals surface area (Å²) in [5, 5.41) is 14.0. The zero-order chi connectivity index (χ0) is 18.7. The molecule has 1 aliphatic rings. The number of carbonyl (C=O) groups excluding carboxylic acids is 1. The van der Waals surface area contributed by atoms with Crippen molar-refractivity contribution in [2.75, 3.05) is 13.1 Å². The Bertz CT molecular complexity index is 814. The molecule has 1 aliphatic heterocycles. The molecule has 0 spiro atoms. The van der Waals surface area contributed by atoms with Crippen molar-refractivity contribution >= 4 is 11.9 Å². The maximum absolute atomic E-state index is 12.1. The predicted molar refractivity (Wildman–Crippen MR) is 96.6 cm³/mol. The number of hydrogen-bond donors (Lipinski definition) is 1. The average Bonchev–Trinajstić information content (AvgIpc) is 3.09. The third-order valence-corrected chi connectivity index (χ3v) is 5.18. The molecule has 6 heteroatoms. The van der Waals surface area contributed by atoms with E-state index in [1.54, 1.807) is 11.8 Å². The molecule has 1 N–H and O–H groups in total.